The molecule has 2 aliphatic rings. The van der Waals surface area contributed by atoms with Gasteiger partial charge in [-0.2, -0.15) is 0 Å². The van der Waals surface area contributed by atoms with E-state index in [1.54, 1.807) is 27.7 Å². The highest BCUT2D eigenvalue weighted by Gasteiger charge is 2.33. The standard InChI is InChI=1S/C9H11NO3.C8H11NO4/c1-6(2)7(11)5-10-8(12)3-4-9(10)13;1-5(2)8(12)13-9-6(10)3-4-7(9)11/h3-4,6H,5H2,1-2H3;5H,3-4H2,1-2H3. The Hall–Kier alpha value is -2.84. The third-order valence-electron chi connectivity index (χ3n) is 3.52. The third-order valence-corrected chi connectivity index (χ3v) is 3.52. The second-order valence-electron chi connectivity index (χ2n) is 6.36. The van der Waals surface area contributed by atoms with Gasteiger partial charge >= 0.3 is 5.97 Å². The molecule has 26 heavy (non-hydrogen) atoms. The van der Waals surface area contributed by atoms with Crippen LogP contribution in [0.25, 0.3) is 0 Å². The number of carbonyl (C=O) groups excluding carboxylic acids is 6. The topological polar surface area (TPSA) is 118 Å². The maximum atomic E-state index is 11.2. The van der Waals surface area contributed by atoms with E-state index < -0.39 is 29.6 Å². The Kier molecular flexibility index (Phi) is 7.36. The van der Waals surface area contributed by atoms with Crippen LogP contribution >= 0.6 is 0 Å². The fourth-order valence-electron chi connectivity index (χ4n) is 1.78. The summed E-state index contributed by atoms with van der Waals surface area (Å²) in [6, 6.07) is 0. The summed E-state index contributed by atoms with van der Waals surface area (Å²) in [6.45, 7) is 6.63. The van der Waals surface area contributed by atoms with Crippen LogP contribution in [0.5, 0.6) is 0 Å². The van der Waals surface area contributed by atoms with E-state index in [1.807, 2.05) is 0 Å². The van der Waals surface area contributed by atoms with Crippen molar-refractivity contribution < 1.29 is 33.6 Å². The molecular weight excluding hydrogens is 344 g/mol. The van der Waals surface area contributed by atoms with Crippen molar-refractivity contribution in [1.82, 2.24) is 9.96 Å². The van der Waals surface area contributed by atoms with Crippen molar-refractivity contribution in [3.63, 3.8) is 0 Å². The van der Waals surface area contributed by atoms with Gasteiger partial charge in [0.2, 0.25) is 0 Å². The number of carbonyl (C=O) groups is 6. The van der Waals surface area contributed by atoms with E-state index in [2.05, 4.69) is 4.84 Å². The predicted octanol–water partition coefficient (Wildman–Crippen LogP) is 0.386. The number of amides is 4. The van der Waals surface area contributed by atoms with E-state index in [0.717, 1.165) is 4.90 Å². The van der Waals surface area contributed by atoms with Crippen LogP contribution in [0.15, 0.2) is 12.2 Å². The lowest BCUT2D eigenvalue weighted by molar-refractivity contribution is -0.199. The molecule has 0 aliphatic carbocycles. The quantitative estimate of drug-likeness (QED) is 0.646. The van der Waals surface area contributed by atoms with Gasteiger partial charge in [-0.3, -0.25) is 28.9 Å². The Morgan fingerprint density at radius 3 is 1.77 bits per heavy atom. The minimum Gasteiger partial charge on any atom is -0.330 e. The number of nitrogens with zero attached hydrogens (tertiary/aromatic N) is 2. The number of Topliss-reactive ketones (excluding diaryl/α,β-unsaturated/α-hetero) is 1. The molecular formula is C17H22N2O7. The molecule has 0 aromatic rings. The van der Waals surface area contributed by atoms with Crippen molar-refractivity contribution in [3.05, 3.63) is 12.2 Å². The molecule has 1 fully saturated rings. The first-order chi connectivity index (χ1) is 12.0. The number of ketones is 1. The zero-order valence-electron chi connectivity index (χ0n) is 15.2. The van der Waals surface area contributed by atoms with Crippen LogP contribution in [-0.2, 0) is 33.6 Å². The molecule has 0 spiro atoms. The van der Waals surface area contributed by atoms with E-state index >= 15 is 0 Å². The maximum absolute atomic E-state index is 11.2. The first kappa shape index (κ1) is 21.2. The van der Waals surface area contributed by atoms with E-state index in [9.17, 15) is 28.8 Å². The van der Waals surface area contributed by atoms with Crippen molar-refractivity contribution in [2.45, 2.75) is 40.5 Å². The van der Waals surface area contributed by atoms with Crippen molar-refractivity contribution in [2.24, 2.45) is 11.8 Å². The van der Waals surface area contributed by atoms with Crippen molar-refractivity contribution in [2.75, 3.05) is 6.54 Å². The zero-order valence-corrected chi connectivity index (χ0v) is 15.2. The highest BCUT2D eigenvalue weighted by molar-refractivity contribution is 6.14. The second kappa shape index (κ2) is 9.02. The highest BCUT2D eigenvalue weighted by Crippen LogP contribution is 2.13. The molecule has 1 saturated heterocycles. The molecule has 4 amide bonds. The van der Waals surface area contributed by atoms with Gasteiger partial charge in [0, 0.05) is 30.9 Å². The van der Waals surface area contributed by atoms with Gasteiger partial charge in [0.15, 0.2) is 5.78 Å². The Balaban J connectivity index is 0.000000260. The monoisotopic (exact) mass is 366 g/mol. The Labute approximate surface area is 150 Å². The van der Waals surface area contributed by atoms with Crippen LogP contribution in [-0.4, -0.2) is 51.9 Å². The first-order valence-corrected chi connectivity index (χ1v) is 8.18. The lowest BCUT2D eigenvalue weighted by atomic mass is 10.1. The van der Waals surface area contributed by atoms with E-state index in [4.69, 9.17) is 0 Å². The van der Waals surface area contributed by atoms with Gasteiger partial charge < -0.3 is 4.84 Å². The normalized spacial score (nSPS) is 16.5. The molecule has 0 unspecified atom stereocenters. The lowest BCUT2D eigenvalue weighted by Gasteiger charge is -2.13. The molecule has 9 nitrogen and oxygen atoms in total. The van der Waals surface area contributed by atoms with Crippen LogP contribution < -0.4 is 0 Å². The minimum absolute atomic E-state index is 0.106. The van der Waals surface area contributed by atoms with E-state index in [-0.39, 0.29) is 37.0 Å². The Bertz CT molecular complexity index is 610. The van der Waals surface area contributed by atoms with Gasteiger partial charge in [0.1, 0.15) is 0 Å². The van der Waals surface area contributed by atoms with Crippen molar-refractivity contribution in [1.29, 1.82) is 0 Å². The molecule has 0 saturated carbocycles. The summed E-state index contributed by atoms with van der Waals surface area (Å²) in [5, 5.41) is 0.558. The van der Waals surface area contributed by atoms with Gasteiger partial charge in [-0.25, -0.2) is 4.79 Å². The number of hydrogen-bond donors (Lipinski definition) is 0. The lowest BCUT2D eigenvalue weighted by Crippen LogP contribution is -2.36. The second-order valence-corrected chi connectivity index (χ2v) is 6.36. The van der Waals surface area contributed by atoms with Gasteiger partial charge in [0.05, 0.1) is 12.5 Å². The molecule has 2 heterocycles. The zero-order chi connectivity index (χ0) is 20.0. The summed E-state index contributed by atoms with van der Waals surface area (Å²) in [6.07, 6.45) is 2.61. The molecule has 0 radical (unpaired) electrons. The predicted molar refractivity (Wildman–Crippen MR) is 87.7 cm³/mol. The summed E-state index contributed by atoms with van der Waals surface area (Å²) < 4.78 is 0. The van der Waals surface area contributed by atoms with Crippen LogP contribution in [0.3, 0.4) is 0 Å². The summed E-state index contributed by atoms with van der Waals surface area (Å²) in [5.74, 6) is -2.87. The first-order valence-electron chi connectivity index (χ1n) is 8.18. The average Bonchev–Trinajstić information content (AvgIpc) is 3.05. The van der Waals surface area contributed by atoms with Crippen LogP contribution in [0.2, 0.25) is 0 Å². The molecule has 2 rings (SSSR count). The van der Waals surface area contributed by atoms with Crippen LogP contribution in [0.1, 0.15) is 40.5 Å². The largest absolute Gasteiger partial charge is 0.335 e. The fraction of sp³-hybridized carbons (Fsp3) is 0.529. The SMILES string of the molecule is CC(C)C(=O)CN1C(=O)C=CC1=O.CC(C)C(=O)ON1C(=O)CCC1=O. The van der Waals surface area contributed by atoms with Crippen molar-refractivity contribution in [3.8, 4) is 0 Å². The van der Waals surface area contributed by atoms with Crippen LogP contribution in [0.4, 0.5) is 0 Å². The molecule has 0 N–H and O–H groups in total. The number of rotatable bonds is 5. The third kappa shape index (κ3) is 5.61. The fourth-order valence-corrected chi connectivity index (χ4v) is 1.78. The van der Waals surface area contributed by atoms with Gasteiger partial charge in [-0.1, -0.05) is 27.7 Å². The van der Waals surface area contributed by atoms with E-state index in [0.29, 0.717) is 5.06 Å². The Morgan fingerprint density at radius 1 is 0.923 bits per heavy atom. The molecule has 2 aliphatic heterocycles. The number of imide groups is 2. The minimum atomic E-state index is -0.566. The van der Waals surface area contributed by atoms with Gasteiger partial charge in [0.25, 0.3) is 23.6 Å². The molecule has 0 atom stereocenters. The maximum Gasteiger partial charge on any atom is 0.335 e. The summed E-state index contributed by atoms with van der Waals surface area (Å²) in [4.78, 5) is 71.7. The Morgan fingerprint density at radius 2 is 1.38 bits per heavy atom. The molecule has 0 aromatic heterocycles. The van der Waals surface area contributed by atoms with E-state index in [1.165, 1.54) is 12.2 Å². The van der Waals surface area contributed by atoms with Crippen LogP contribution in [0, 0.1) is 11.8 Å². The number of hydrogen-bond acceptors (Lipinski definition) is 7. The molecule has 0 aromatic carbocycles. The van der Waals surface area contributed by atoms with Gasteiger partial charge in [-0.15, -0.1) is 5.06 Å². The summed E-state index contributed by atoms with van der Waals surface area (Å²) in [5.41, 5.74) is 0. The van der Waals surface area contributed by atoms with Gasteiger partial charge in [-0.05, 0) is 0 Å². The molecule has 9 heteroatoms. The molecule has 0 bridgehead atoms. The summed E-state index contributed by atoms with van der Waals surface area (Å²) in [7, 11) is 0. The number of hydroxylamine groups is 2. The molecule has 142 valence electrons. The van der Waals surface area contributed by atoms with Crippen molar-refractivity contribution >= 4 is 35.4 Å². The smallest absolute Gasteiger partial charge is 0.330 e. The summed E-state index contributed by atoms with van der Waals surface area (Å²) >= 11 is 0. The highest BCUT2D eigenvalue weighted by atomic mass is 16.7. The average molecular weight is 366 g/mol.